The molecule has 0 aliphatic carbocycles. The fourth-order valence-corrected chi connectivity index (χ4v) is 13.3. The van der Waals surface area contributed by atoms with Crippen LogP contribution in [0.1, 0.15) is 41.5 Å². The average molecular weight is 329 g/mol. The predicted octanol–water partition coefficient (Wildman–Crippen LogP) is 3.58. The molecule has 1 aromatic carbocycles. The maximum atomic E-state index is 12.4. The van der Waals surface area contributed by atoms with E-state index < -0.39 is 14.1 Å². The molecule has 124 valence electrons. The van der Waals surface area contributed by atoms with Gasteiger partial charge in [0, 0.05) is 11.0 Å². The minimum Gasteiger partial charge on any atom is -0.340 e. The Morgan fingerprint density at radius 2 is 1.70 bits per heavy atom. The van der Waals surface area contributed by atoms with E-state index >= 15 is 0 Å². The monoisotopic (exact) mass is 328 g/mol. The zero-order valence-electron chi connectivity index (χ0n) is 15.1. The molecule has 0 unspecified atom stereocenters. The first-order chi connectivity index (χ1) is 10.7. The van der Waals surface area contributed by atoms with Crippen molar-refractivity contribution in [2.24, 2.45) is 5.92 Å². The van der Waals surface area contributed by atoms with Gasteiger partial charge in [-0.1, -0.05) is 77.1 Å². The van der Waals surface area contributed by atoms with Crippen LogP contribution < -0.4 is 10.5 Å². The van der Waals surface area contributed by atoms with Crippen LogP contribution in [0.4, 0.5) is 0 Å². The molecular formula is C19H28N2OSi. The lowest BCUT2D eigenvalue weighted by atomic mass is 9.93. The van der Waals surface area contributed by atoms with Crippen molar-refractivity contribution in [1.29, 1.82) is 5.26 Å². The lowest BCUT2D eigenvalue weighted by Gasteiger charge is -2.53. The van der Waals surface area contributed by atoms with Gasteiger partial charge in [0.2, 0.25) is 5.91 Å². The fourth-order valence-electron chi connectivity index (χ4n) is 5.31. The maximum Gasteiger partial charge on any atom is 0.224 e. The molecule has 4 heteroatoms. The van der Waals surface area contributed by atoms with E-state index in [1.807, 2.05) is 13.0 Å². The van der Waals surface area contributed by atoms with Gasteiger partial charge in [-0.05, 0) is 11.1 Å². The van der Waals surface area contributed by atoms with Crippen molar-refractivity contribution in [3.63, 3.8) is 0 Å². The third kappa shape index (κ3) is 2.25. The summed E-state index contributed by atoms with van der Waals surface area (Å²) in [5.74, 6) is -0.128. The van der Waals surface area contributed by atoms with E-state index in [1.54, 1.807) is 0 Å². The summed E-state index contributed by atoms with van der Waals surface area (Å²) in [6, 6.07) is 12.6. The number of hydrogen-bond donors (Lipinski definition) is 1. The molecule has 1 heterocycles. The van der Waals surface area contributed by atoms with Crippen LogP contribution in [0.15, 0.2) is 30.3 Å². The Morgan fingerprint density at radius 3 is 2.13 bits per heavy atom. The zero-order chi connectivity index (χ0) is 17.4. The maximum absolute atomic E-state index is 12.4. The number of nitrogens with one attached hydrogen (secondary N) is 1. The molecule has 1 amide bonds. The number of nitriles is 1. The van der Waals surface area contributed by atoms with E-state index in [1.165, 1.54) is 5.19 Å². The lowest BCUT2D eigenvalue weighted by Crippen LogP contribution is -2.65. The van der Waals surface area contributed by atoms with Crippen molar-refractivity contribution in [3.05, 3.63) is 30.3 Å². The number of benzene rings is 1. The summed E-state index contributed by atoms with van der Waals surface area (Å²) in [5, 5.41) is 13.8. The molecule has 1 N–H and O–H groups in total. The Balaban J connectivity index is 2.82. The summed E-state index contributed by atoms with van der Waals surface area (Å²) < 4.78 is 0. The van der Waals surface area contributed by atoms with Gasteiger partial charge in [0.1, 0.15) is 14.1 Å². The van der Waals surface area contributed by atoms with E-state index in [0.717, 1.165) is 0 Å². The van der Waals surface area contributed by atoms with E-state index in [2.05, 4.69) is 70.3 Å². The van der Waals surface area contributed by atoms with Gasteiger partial charge in [0.05, 0.1) is 6.07 Å². The first-order valence-corrected chi connectivity index (χ1v) is 10.7. The van der Waals surface area contributed by atoms with Crippen LogP contribution in [0.5, 0.6) is 0 Å². The van der Waals surface area contributed by atoms with Crippen LogP contribution in [-0.4, -0.2) is 20.0 Å². The molecule has 3 nitrogen and oxygen atoms in total. The second kappa shape index (κ2) is 6.12. The van der Waals surface area contributed by atoms with Gasteiger partial charge < -0.3 is 5.32 Å². The first-order valence-electron chi connectivity index (χ1n) is 8.50. The van der Waals surface area contributed by atoms with Gasteiger partial charge in [-0.3, -0.25) is 4.79 Å². The molecule has 3 atom stereocenters. The molecule has 23 heavy (non-hydrogen) atoms. The van der Waals surface area contributed by atoms with Crippen molar-refractivity contribution in [2.75, 3.05) is 0 Å². The van der Waals surface area contributed by atoms with Crippen LogP contribution >= 0.6 is 0 Å². The highest BCUT2D eigenvalue weighted by Gasteiger charge is 2.65. The Hall–Kier alpha value is -1.60. The highest BCUT2D eigenvalue weighted by atomic mass is 28.3. The lowest BCUT2D eigenvalue weighted by molar-refractivity contribution is -0.122. The summed E-state index contributed by atoms with van der Waals surface area (Å²) in [6.07, 6.45) is 0. The summed E-state index contributed by atoms with van der Waals surface area (Å²) in [5.41, 5.74) is 0.863. The second-order valence-electron chi connectivity index (χ2n) is 7.62. The van der Waals surface area contributed by atoms with Crippen LogP contribution in [0.2, 0.25) is 16.1 Å². The second-order valence-corrected chi connectivity index (χ2v) is 13.3. The summed E-state index contributed by atoms with van der Waals surface area (Å²) in [7, 11) is -2.21. The third-order valence-corrected chi connectivity index (χ3v) is 13.7. The van der Waals surface area contributed by atoms with Crippen LogP contribution in [0.25, 0.3) is 0 Å². The van der Waals surface area contributed by atoms with Crippen molar-refractivity contribution in [1.82, 2.24) is 5.32 Å². The molecule has 1 aliphatic heterocycles. The zero-order valence-corrected chi connectivity index (χ0v) is 16.1. The number of carbonyl (C=O) groups excluding carboxylic acids is 1. The smallest absolute Gasteiger partial charge is 0.224 e. The SMILES string of the molecule is CC(C)[Si](c1ccccc1)(C(C)C)[C@@]1(C)[C@H](C#N)NC(=O)[C@@H]1C. The summed E-state index contributed by atoms with van der Waals surface area (Å²) in [6.45, 7) is 13.3. The highest BCUT2D eigenvalue weighted by Crippen LogP contribution is 2.58. The van der Waals surface area contributed by atoms with Crippen molar-refractivity contribution < 1.29 is 4.79 Å². The van der Waals surface area contributed by atoms with Gasteiger partial charge >= 0.3 is 0 Å². The number of amides is 1. The van der Waals surface area contributed by atoms with Gasteiger partial charge in [0.25, 0.3) is 0 Å². The normalized spacial score (nSPS) is 28.0. The van der Waals surface area contributed by atoms with E-state index in [4.69, 9.17) is 0 Å². The topological polar surface area (TPSA) is 52.9 Å². The molecule has 0 spiro atoms. The van der Waals surface area contributed by atoms with Gasteiger partial charge in [-0.15, -0.1) is 0 Å². The van der Waals surface area contributed by atoms with Crippen molar-refractivity contribution in [2.45, 2.75) is 63.7 Å². The minimum absolute atomic E-state index is 0.0214. The standard InChI is InChI=1S/C19H28N2OSi/c1-13(2)23(14(3)4,16-10-8-7-9-11-16)19(6)15(5)18(22)21-17(19)12-20/h7-11,13-15,17H,1-6H3,(H,21,22)/t15-,17-,19+/m0/s1. The number of hydrogen-bond acceptors (Lipinski definition) is 2. The van der Waals surface area contributed by atoms with E-state index in [9.17, 15) is 10.1 Å². The molecule has 0 radical (unpaired) electrons. The summed E-state index contributed by atoms with van der Waals surface area (Å²) >= 11 is 0. The molecule has 0 saturated carbocycles. The molecular weight excluding hydrogens is 300 g/mol. The third-order valence-electron chi connectivity index (χ3n) is 6.27. The van der Waals surface area contributed by atoms with Crippen LogP contribution in [0.3, 0.4) is 0 Å². The molecule has 0 aromatic heterocycles. The first kappa shape index (κ1) is 17.7. The number of carbonyl (C=O) groups is 1. The Labute approximate surface area is 141 Å². The number of rotatable bonds is 4. The molecule has 1 fully saturated rings. The quantitative estimate of drug-likeness (QED) is 0.859. The van der Waals surface area contributed by atoms with Gasteiger partial charge in [-0.2, -0.15) is 5.26 Å². The summed E-state index contributed by atoms with van der Waals surface area (Å²) in [4.78, 5) is 12.4. The van der Waals surface area contributed by atoms with Crippen molar-refractivity contribution >= 4 is 19.2 Å². The molecule has 1 aliphatic rings. The highest BCUT2D eigenvalue weighted by molar-refractivity contribution is 6.96. The molecule has 1 aromatic rings. The van der Waals surface area contributed by atoms with Crippen LogP contribution in [0, 0.1) is 17.2 Å². The van der Waals surface area contributed by atoms with Crippen LogP contribution in [-0.2, 0) is 4.79 Å². The predicted molar refractivity (Wildman–Crippen MR) is 97.1 cm³/mol. The Bertz CT molecular complexity index is 612. The largest absolute Gasteiger partial charge is 0.340 e. The molecule has 0 bridgehead atoms. The fraction of sp³-hybridized carbons (Fsp3) is 0.579. The van der Waals surface area contributed by atoms with E-state index in [0.29, 0.717) is 11.1 Å². The molecule has 2 rings (SSSR count). The van der Waals surface area contributed by atoms with Gasteiger partial charge in [0.15, 0.2) is 0 Å². The minimum atomic E-state index is -2.21. The Kier molecular flexibility index (Phi) is 4.73. The van der Waals surface area contributed by atoms with E-state index in [-0.39, 0.29) is 16.9 Å². The average Bonchev–Trinajstić information content (AvgIpc) is 2.73. The van der Waals surface area contributed by atoms with Gasteiger partial charge in [-0.25, -0.2) is 0 Å². The number of nitrogens with zero attached hydrogens (tertiary/aromatic N) is 1. The Morgan fingerprint density at radius 1 is 1.17 bits per heavy atom. The van der Waals surface area contributed by atoms with Crippen molar-refractivity contribution in [3.8, 4) is 6.07 Å². The molecule has 1 saturated heterocycles.